The third kappa shape index (κ3) is 4.72. The minimum Gasteiger partial charge on any atom is -0.549 e. The summed E-state index contributed by atoms with van der Waals surface area (Å²) in [5.74, 6) is -2.16. The summed E-state index contributed by atoms with van der Waals surface area (Å²) in [6, 6.07) is 12.1. The molecule has 1 unspecified atom stereocenters. The second kappa shape index (κ2) is 8.49. The van der Waals surface area contributed by atoms with Crippen molar-refractivity contribution in [1.29, 1.82) is 0 Å². The van der Waals surface area contributed by atoms with Crippen molar-refractivity contribution < 1.29 is 48.7 Å². The molecular formula is C19H17N2NaO4. The van der Waals surface area contributed by atoms with Crippen LogP contribution in [0.15, 0.2) is 46.9 Å². The van der Waals surface area contributed by atoms with E-state index < -0.39 is 17.8 Å². The minimum atomic E-state index is -1.28. The van der Waals surface area contributed by atoms with E-state index in [1.807, 2.05) is 19.1 Å². The van der Waals surface area contributed by atoms with Gasteiger partial charge in [-0.05, 0) is 24.6 Å². The second-order valence-electron chi connectivity index (χ2n) is 5.95. The van der Waals surface area contributed by atoms with Gasteiger partial charge in [0.15, 0.2) is 11.5 Å². The van der Waals surface area contributed by atoms with Gasteiger partial charge >= 0.3 is 29.6 Å². The molecule has 0 radical (unpaired) electrons. The molecule has 0 fully saturated rings. The van der Waals surface area contributed by atoms with E-state index in [1.165, 1.54) is 0 Å². The van der Waals surface area contributed by atoms with Gasteiger partial charge < -0.3 is 19.6 Å². The van der Waals surface area contributed by atoms with Gasteiger partial charge in [0.05, 0.1) is 0 Å². The quantitative estimate of drug-likeness (QED) is 0.608. The number of hydrogen-bond acceptors (Lipinski definition) is 5. The molecule has 1 amide bonds. The number of anilines is 1. The van der Waals surface area contributed by atoms with E-state index in [4.69, 9.17) is 4.42 Å². The van der Waals surface area contributed by atoms with Crippen LogP contribution in [0.4, 0.5) is 5.69 Å². The maximum Gasteiger partial charge on any atom is 1.00 e. The van der Waals surface area contributed by atoms with Gasteiger partial charge in [0.1, 0.15) is 5.52 Å². The first-order valence-corrected chi connectivity index (χ1v) is 7.87. The number of rotatable bonds is 5. The number of aryl methyl sites for hydroxylation is 2. The molecule has 1 atom stereocenters. The van der Waals surface area contributed by atoms with Gasteiger partial charge in [0, 0.05) is 37.0 Å². The molecule has 1 heterocycles. The van der Waals surface area contributed by atoms with E-state index in [9.17, 15) is 14.7 Å². The fraction of sp³-hybridized carbons (Fsp3) is 0.211. The summed E-state index contributed by atoms with van der Waals surface area (Å²) >= 11 is 0. The number of aromatic nitrogens is 1. The Bertz CT molecular complexity index is 934. The monoisotopic (exact) mass is 360 g/mol. The normalized spacial score (nSPS) is 11.6. The first kappa shape index (κ1) is 20.2. The van der Waals surface area contributed by atoms with Crippen LogP contribution in [0.3, 0.4) is 0 Å². The minimum absolute atomic E-state index is 0. The number of fused-ring (bicyclic) bond motifs is 1. The zero-order chi connectivity index (χ0) is 18.0. The molecule has 0 aliphatic carbocycles. The Morgan fingerprint density at radius 2 is 1.85 bits per heavy atom. The standard InChI is InChI=1S/C19H18N2O4.Na/c1-11-3-5-13(6-4-11)15(19(23)24)10-18(22)21-14-7-8-16-17(9-14)25-12(2)20-16;/h3-9,15H,10H2,1-2H3,(H,21,22)(H,23,24);/q;+1/p-1. The Morgan fingerprint density at radius 3 is 2.50 bits per heavy atom. The number of nitrogens with zero attached hydrogens (tertiary/aromatic N) is 1. The number of carboxylic acid groups (broad SMARTS) is 1. The molecule has 1 aromatic heterocycles. The van der Waals surface area contributed by atoms with Crippen molar-refractivity contribution in [2.24, 2.45) is 0 Å². The van der Waals surface area contributed by atoms with Crippen LogP contribution in [0, 0.1) is 13.8 Å². The molecule has 0 aliphatic rings. The summed E-state index contributed by atoms with van der Waals surface area (Å²) in [6.07, 6.45) is -0.209. The van der Waals surface area contributed by atoms with E-state index in [2.05, 4.69) is 10.3 Å². The zero-order valence-electron chi connectivity index (χ0n) is 14.9. The molecule has 0 saturated heterocycles. The number of nitrogens with one attached hydrogen (secondary N) is 1. The number of hydrogen-bond donors (Lipinski definition) is 1. The van der Waals surface area contributed by atoms with Crippen molar-refractivity contribution in [2.75, 3.05) is 5.32 Å². The van der Waals surface area contributed by atoms with Gasteiger partial charge in [-0.3, -0.25) is 4.79 Å². The average molecular weight is 360 g/mol. The molecule has 2 aromatic carbocycles. The van der Waals surface area contributed by atoms with Crippen molar-refractivity contribution in [3.63, 3.8) is 0 Å². The van der Waals surface area contributed by atoms with Gasteiger partial charge in [0.2, 0.25) is 5.91 Å². The Morgan fingerprint density at radius 1 is 1.15 bits per heavy atom. The number of amides is 1. The molecule has 0 bridgehead atoms. The molecule has 26 heavy (non-hydrogen) atoms. The van der Waals surface area contributed by atoms with Crippen molar-refractivity contribution in [3.05, 3.63) is 59.5 Å². The van der Waals surface area contributed by atoms with Gasteiger partial charge in [-0.2, -0.15) is 0 Å². The number of aliphatic carboxylic acids is 1. The summed E-state index contributed by atoms with van der Waals surface area (Å²) in [6.45, 7) is 3.65. The van der Waals surface area contributed by atoms with Gasteiger partial charge in [-0.15, -0.1) is 0 Å². The van der Waals surface area contributed by atoms with E-state index in [0.29, 0.717) is 28.2 Å². The van der Waals surface area contributed by atoms with Crippen LogP contribution < -0.4 is 40.0 Å². The van der Waals surface area contributed by atoms with E-state index in [1.54, 1.807) is 37.3 Å². The Labute approximate surface area is 172 Å². The predicted molar refractivity (Wildman–Crippen MR) is 90.9 cm³/mol. The summed E-state index contributed by atoms with van der Waals surface area (Å²) in [5, 5.41) is 14.1. The van der Waals surface area contributed by atoms with Crippen molar-refractivity contribution in [2.45, 2.75) is 26.2 Å². The van der Waals surface area contributed by atoms with Crippen LogP contribution in [0.5, 0.6) is 0 Å². The Balaban J connectivity index is 0.00000243. The first-order valence-electron chi connectivity index (χ1n) is 7.87. The maximum atomic E-state index is 12.3. The van der Waals surface area contributed by atoms with E-state index in [-0.39, 0.29) is 36.0 Å². The fourth-order valence-electron chi connectivity index (χ4n) is 2.65. The van der Waals surface area contributed by atoms with Crippen LogP contribution in [-0.2, 0) is 9.59 Å². The van der Waals surface area contributed by atoms with E-state index >= 15 is 0 Å². The molecule has 0 spiro atoms. The predicted octanol–water partition coefficient (Wildman–Crippen LogP) is -0.689. The molecule has 7 heteroatoms. The first-order chi connectivity index (χ1) is 11.9. The molecule has 3 rings (SSSR count). The zero-order valence-corrected chi connectivity index (χ0v) is 16.9. The van der Waals surface area contributed by atoms with Gasteiger partial charge in [-0.1, -0.05) is 29.8 Å². The number of carbonyl (C=O) groups excluding carboxylic acids is 2. The largest absolute Gasteiger partial charge is 1.00 e. The summed E-state index contributed by atoms with van der Waals surface area (Å²) < 4.78 is 5.42. The van der Waals surface area contributed by atoms with Crippen molar-refractivity contribution >= 4 is 28.7 Å². The van der Waals surface area contributed by atoms with Gasteiger partial charge in [-0.25, -0.2) is 4.98 Å². The molecule has 3 aromatic rings. The van der Waals surface area contributed by atoms with Crippen molar-refractivity contribution in [3.8, 4) is 0 Å². The number of carbonyl (C=O) groups is 2. The second-order valence-corrected chi connectivity index (χ2v) is 5.95. The third-order valence-corrected chi connectivity index (χ3v) is 3.93. The van der Waals surface area contributed by atoms with Crippen LogP contribution in [0.2, 0.25) is 0 Å². The van der Waals surface area contributed by atoms with Crippen molar-refractivity contribution in [1.82, 2.24) is 4.98 Å². The third-order valence-electron chi connectivity index (χ3n) is 3.93. The topological polar surface area (TPSA) is 95.3 Å². The molecule has 1 N–H and O–H groups in total. The molecule has 0 aliphatic heterocycles. The van der Waals surface area contributed by atoms with Crippen LogP contribution in [-0.4, -0.2) is 16.9 Å². The van der Waals surface area contributed by atoms with Crippen LogP contribution >= 0.6 is 0 Å². The number of benzene rings is 2. The van der Waals surface area contributed by atoms with E-state index in [0.717, 1.165) is 5.56 Å². The SMILES string of the molecule is Cc1ccc(C(CC(=O)Nc2ccc3nc(C)oc3c2)C(=O)[O-])cc1.[Na+]. The smallest absolute Gasteiger partial charge is 0.549 e. The summed E-state index contributed by atoms with van der Waals surface area (Å²) in [5.41, 5.74) is 3.34. The average Bonchev–Trinajstić information content (AvgIpc) is 2.92. The summed E-state index contributed by atoms with van der Waals surface area (Å²) in [7, 11) is 0. The van der Waals surface area contributed by atoms with Gasteiger partial charge in [0.25, 0.3) is 0 Å². The number of oxazole rings is 1. The molecule has 0 saturated carbocycles. The Hall–Kier alpha value is -2.15. The molecule has 128 valence electrons. The Kier molecular flexibility index (Phi) is 6.58. The summed E-state index contributed by atoms with van der Waals surface area (Å²) in [4.78, 5) is 27.9. The van der Waals surface area contributed by atoms with Crippen LogP contribution in [0.25, 0.3) is 11.1 Å². The number of carboxylic acids is 1. The fourth-order valence-corrected chi connectivity index (χ4v) is 2.65. The molecular weight excluding hydrogens is 343 g/mol. The van der Waals surface area contributed by atoms with Crippen LogP contribution in [0.1, 0.15) is 29.4 Å². The maximum absolute atomic E-state index is 12.3. The molecule has 6 nitrogen and oxygen atoms in total.